The van der Waals surface area contributed by atoms with E-state index in [4.69, 9.17) is 0 Å². The minimum absolute atomic E-state index is 0.0927. The number of fused-ring (bicyclic) bond motifs is 1. The number of aryl methyl sites for hydroxylation is 1. The van der Waals surface area contributed by atoms with Crippen LogP contribution in [0.25, 0.3) is 0 Å². The number of nitrogens with one attached hydrogen (secondary N) is 1. The minimum Gasteiger partial charge on any atom is -0.352 e. The molecule has 26 heavy (non-hydrogen) atoms. The van der Waals surface area contributed by atoms with Gasteiger partial charge in [0.25, 0.3) is 11.8 Å². The summed E-state index contributed by atoms with van der Waals surface area (Å²) >= 11 is 3.31. The molecule has 0 aromatic heterocycles. The van der Waals surface area contributed by atoms with Crippen molar-refractivity contribution in [2.75, 3.05) is 6.54 Å². The van der Waals surface area contributed by atoms with Crippen molar-refractivity contribution in [1.29, 1.82) is 0 Å². The lowest BCUT2D eigenvalue weighted by Crippen LogP contribution is -2.32. The van der Waals surface area contributed by atoms with Crippen LogP contribution >= 0.6 is 15.9 Å². The second kappa shape index (κ2) is 7.83. The molecule has 0 unspecified atom stereocenters. The summed E-state index contributed by atoms with van der Waals surface area (Å²) < 4.78 is 0.759. The maximum Gasteiger partial charge on any atom is 0.261 e. The SMILES string of the molecule is Cc1ccc(CNC(=O)CCCN2C(=O)c3ccc(Br)cc3C2=O)cc1. The van der Waals surface area contributed by atoms with Gasteiger partial charge >= 0.3 is 0 Å². The van der Waals surface area contributed by atoms with Gasteiger partial charge in [-0.15, -0.1) is 0 Å². The summed E-state index contributed by atoms with van der Waals surface area (Å²) in [5, 5.41) is 2.86. The summed E-state index contributed by atoms with van der Waals surface area (Å²) in [6.45, 7) is 2.72. The van der Waals surface area contributed by atoms with Crippen LogP contribution in [0.1, 0.15) is 44.7 Å². The van der Waals surface area contributed by atoms with Crippen molar-refractivity contribution in [2.45, 2.75) is 26.3 Å². The van der Waals surface area contributed by atoms with Crippen LogP contribution in [0.3, 0.4) is 0 Å². The van der Waals surface area contributed by atoms with Gasteiger partial charge in [-0.25, -0.2) is 0 Å². The number of amides is 3. The van der Waals surface area contributed by atoms with Crippen LogP contribution in [0, 0.1) is 6.92 Å². The van der Waals surface area contributed by atoms with Crippen molar-refractivity contribution in [1.82, 2.24) is 10.2 Å². The average molecular weight is 415 g/mol. The zero-order chi connectivity index (χ0) is 18.7. The fraction of sp³-hybridized carbons (Fsp3) is 0.250. The van der Waals surface area contributed by atoms with Gasteiger partial charge in [0.15, 0.2) is 0 Å². The Bertz CT molecular complexity index is 862. The number of halogens is 1. The third-order valence-corrected chi connectivity index (χ3v) is 4.82. The van der Waals surface area contributed by atoms with E-state index in [2.05, 4.69) is 21.2 Å². The van der Waals surface area contributed by atoms with Crippen LogP contribution in [0.4, 0.5) is 0 Å². The Hall–Kier alpha value is -2.47. The molecule has 2 aromatic carbocycles. The molecule has 0 spiro atoms. The molecule has 1 N–H and O–H groups in total. The number of carbonyl (C=O) groups is 3. The Balaban J connectivity index is 1.47. The fourth-order valence-electron chi connectivity index (χ4n) is 2.86. The van der Waals surface area contributed by atoms with Crippen molar-refractivity contribution >= 4 is 33.7 Å². The van der Waals surface area contributed by atoms with E-state index < -0.39 is 0 Å². The molecule has 3 rings (SSSR count). The molecule has 5 nitrogen and oxygen atoms in total. The van der Waals surface area contributed by atoms with Crippen LogP contribution in [-0.2, 0) is 11.3 Å². The smallest absolute Gasteiger partial charge is 0.261 e. The first-order chi connectivity index (χ1) is 12.5. The van der Waals surface area contributed by atoms with Gasteiger partial charge in [-0.1, -0.05) is 45.8 Å². The zero-order valence-electron chi connectivity index (χ0n) is 14.4. The Kier molecular flexibility index (Phi) is 5.52. The molecule has 3 amide bonds. The lowest BCUT2D eigenvalue weighted by atomic mass is 10.1. The Labute approximate surface area is 160 Å². The lowest BCUT2D eigenvalue weighted by molar-refractivity contribution is -0.121. The Morgan fingerprint density at radius 1 is 1.04 bits per heavy atom. The maximum atomic E-state index is 12.4. The number of nitrogens with zero attached hydrogens (tertiary/aromatic N) is 1. The van der Waals surface area contributed by atoms with Gasteiger partial charge < -0.3 is 5.32 Å². The first-order valence-corrected chi connectivity index (χ1v) is 9.23. The average Bonchev–Trinajstić information content (AvgIpc) is 2.85. The van der Waals surface area contributed by atoms with E-state index in [1.165, 1.54) is 10.5 Å². The van der Waals surface area contributed by atoms with E-state index in [1.807, 2.05) is 31.2 Å². The number of rotatable bonds is 6. The molecule has 0 atom stereocenters. The second-order valence-electron chi connectivity index (χ2n) is 6.32. The van der Waals surface area contributed by atoms with Crippen LogP contribution in [-0.4, -0.2) is 29.2 Å². The van der Waals surface area contributed by atoms with Gasteiger partial charge in [0.2, 0.25) is 5.91 Å². The third-order valence-electron chi connectivity index (χ3n) is 4.33. The molecule has 0 bridgehead atoms. The van der Waals surface area contributed by atoms with Crippen LogP contribution in [0.2, 0.25) is 0 Å². The summed E-state index contributed by atoms with van der Waals surface area (Å²) in [6, 6.07) is 13.0. The van der Waals surface area contributed by atoms with E-state index in [0.29, 0.717) is 24.1 Å². The zero-order valence-corrected chi connectivity index (χ0v) is 16.0. The molecule has 1 aliphatic heterocycles. The third kappa shape index (κ3) is 4.02. The second-order valence-corrected chi connectivity index (χ2v) is 7.23. The first kappa shape index (κ1) is 18.3. The number of hydrogen-bond donors (Lipinski definition) is 1. The largest absolute Gasteiger partial charge is 0.352 e. The molecule has 134 valence electrons. The van der Waals surface area contributed by atoms with Gasteiger partial charge in [0, 0.05) is 24.0 Å². The molecular formula is C20H19BrN2O3. The summed E-state index contributed by atoms with van der Waals surface area (Å²) in [7, 11) is 0. The van der Waals surface area contributed by atoms with Gasteiger partial charge in [-0.3, -0.25) is 19.3 Å². The summed E-state index contributed by atoms with van der Waals surface area (Å²) in [4.78, 5) is 37.9. The van der Waals surface area contributed by atoms with Gasteiger partial charge in [-0.2, -0.15) is 0 Å². The van der Waals surface area contributed by atoms with Crippen LogP contribution < -0.4 is 5.32 Å². The normalized spacial score (nSPS) is 13.1. The minimum atomic E-state index is -0.300. The molecule has 0 saturated heterocycles. The molecule has 6 heteroatoms. The van der Waals surface area contributed by atoms with E-state index >= 15 is 0 Å². The molecule has 2 aromatic rings. The highest BCUT2D eigenvalue weighted by Crippen LogP contribution is 2.26. The van der Waals surface area contributed by atoms with Crippen LogP contribution in [0.5, 0.6) is 0 Å². The van der Waals surface area contributed by atoms with Gasteiger partial charge in [0.1, 0.15) is 0 Å². The predicted molar refractivity (Wildman–Crippen MR) is 102 cm³/mol. The molecule has 0 radical (unpaired) electrons. The summed E-state index contributed by atoms with van der Waals surface area (Å²) in [5.41, 5.74) is 3.04. The highest BCUT2D eigenvalue weighted by atomic mass is 79.9. The number of imide groups is 1. The highest BCUT2D eigenvalue weighted by molar-refractivity contribution is 9.10. The molecule has 0 aliphatic carbocycles. The summed E-state index contributed by atoms with van der Waals surface area (Å²) in [5.74, 6) is -0.686. The van der Waals surface area contributed by atoms with E-state index in [-0.39, 0.29) is 30.7 Å². The number of hydrogen-bond acceptors (Lipinski definition) is 3. The first-order valence-electron chi connectivity index (χ1n) is 8.43. The van der Waals surface area contributed by atoms with Crippen molar-refractivity contribution in [3.05, 3.63) is 69.2 Å². The van der Waals surface area contributed by atoms with Gasteiger partial charge in [-0.05, 0) is 37.1 Å². The monoisotopic (exact) mass is 414 g/mol. The molecule has 1 aliphatic rings. The predicted octanol–water partition coefficient (Wildman–Crippen LogP) is 3.45. The van der Waals surface area contributed by atoms with E-state index in [0.717, 1.165) is 10.0 Å². The van der Waals surface area contributed by atoms with E-state index in [9.17, 15) is 14.4 Å². The fourth-order valence-corrected chi connectivity index (χ4v) is 3.22. The Morgan fingerprint density at radius 3 is 2.46 bits per heavy atom. The van der Waals surface area contributed by atoms with Crippen LogP contribution in [0.15, 0.2) is 46.9 Å². The summed E-state index contributed by atoms with van der Waals surface area (Å²) in [6.07, 6.45) is 0.704. The van der Waals surface area contributed by atoms with Crippen molar-refractivity contribution in [3.8, 4) is 0 Å². The molecule has 0 saturated carbocycles. The Morgan fingerprint density at radius 2 is 1.73 bits per heavy atom. The number of carbonyl (C=O) groups excluding carboxylic acids is 3. The number of benzene rings is 2. The van der Waals surface area contributed by atoms with Crippen molar-refractivity contribution in [3.63, 3.8) is 0 Å². The van der Waals surface area contributed by atoms with Crippen molar-refractivity contribution < 1.29 is 14.4 Å². The quantitative estimate of drug-likeness (QED) is 0.735. The van der Waals surface area contributed by atoms with E-state index in [1.54, 1.807) is 18.2 Å². The van der Waals surface area contributed by atoms with Gasteiger partial charge in [0.05, 0.1) is 11.1 Å². The highest BCUT2D eigenvalue weighted by Gasteiger charge is 2.35. The topological polar surface area (TPSA) is 66.5 Å². The molecular weight excluding hydrogens is 396 g/mol. The molecule has 1 heterocycles. The van der Waals surface area contributed by atoms with Crippen molar-refractivity contribution in [2.24, 2.45) is 0 Å². The molecule has 0 fully saturated rings. The lowest BCUT2D eigenvalue weighted by Gasteiger charge is -2.13. The maximum absolute atomic E-state index is 12.4. The standard InChI is InChI=1S/C20H19BrN2O3/c1-13-4-6-14(7-5-13)12-22-18(24)3-2-10-23-19(25)16-9-8-15(21)11-17(16)20(23)26/h4-9,11H,2-3,10,12H2,1H3,(H,22,24).